The number of nitrogens with one attached hydrogen (secondary N) is 2. The Morgan fingerprint density at radius 3 is 2.47 bits per heavy atom. The maximum atomic E-state index is 13.3. The van der Waals surface area contributed by atoms with E-state index < -0.39 is 35.5 Å². The van der Waals surface area contributed by atoms with Gasteiger partial charge in [-0.1, -0.05) is 36.4 Å². The first-order valence-electron chi connectivity index (χ1n) is 11.1. The van der Waals surface area contributed by atoms with Crippen molar-refractivity contribution in [3.05, 3.63) is 65.7 Å². The Bertz CT molecular complexity index is 1020. The summed E-state index contributed by atoms with van der Waals surface area (Å²) in [7, 11) is 0. The number of phenols is 1. The minimum absolute atomic E-state index is 0.0642. The van der Waals surface area contributed by atoms with Gasteiger partial charge in [0.15, 0.2) is 6.10 Å². The van der Waals surface area contributed by atoms with Crippen molar-refractivity contribution < 1.29 is 24.6 Å². The predicted octanol–water partition coefficient (Wildman–Crippen LogP) is 1.91. The molecule has 9 heteroatoms. The SMILES string of the molecule is CC(C)(C)NC(=O)C1CSCN1C(=O)C(O)C(Cc1ccccc1)NC(=O)c1cccc(O)c1. The lowest BCUT2D eigenvalue weighted by atomic mass is 9.99. The first-order valence-corrected chi connectivity index (χ1v) is 12.2. The highest BCUT2D eigenvalue weighted by Crippen LogP contribution is 2.24. The summed E-state index contributed by atoms with van der Waals surface area (Å²) in [4.78, 5) is 40.3. The Morgan fingerprint density at radius 1 is 1.12 bits per heavy atom. The molecule has 1 heterocycles. The minimum Gasteiger partial charge on any atom is -0.508 e. The maximum absolute atomic E-state index is 13.3. The molecule has 34 heavy (non-hydrogen) atoms. The van der Waals surface area contributed by atoms with E-state index in [2.05, 4.69) is 10.6 Å². The van der Waals surface area contributed by atoms with E-state index in [9.17, 15) is 24.6 Å². The molecule has 0 radical (unpaired) electrons. The van der Waals surface area contributed by atoms with Crippen LogP contribution in [0.4, 0.5) is 0 Å². The molecule has 3 atom stereocenters. The molecule has 1 aliphatic rings. The van der Waals surface area contributed by atoms with Crippen molar-refractivity contribution in [2.24, 2.45) is 0 Å². The lowest BCUT2D eigenvalue weighted by molar-refractivity contribution is -0.146. The molecule has 0 saturated carbocycles. The Kier molecular flexibility index (Phi) is 8.22. The highest BCUT2D eigenvalue weighted by molar-refractivity contribution is 7.99. The lowest BCUT2D eigenvalue weighted by Crippen LogP contribution is -2.57. The summed E-state index contributed by atoms with van der Waals surface area (Å²) >= 11 is 1.44. The van der Waals surface area contributed by atoms with Crippen LogP contribution in [0.1, 0.15) is 36.7 Å². The van der Waals surface area contributed by atoms with E-state index in [1.807, 2.05) is 51.1 Å². The quantitative estimate of drug-likeness (QED) is 0.476. The molecule has 1 saturated heterocycles. The van der Waals surface area contributed by atoms with Crippen LogP contribution in [0.2, 0.25) is 0 Å². The van der Waals surface area contributed by atoms with E-state index in [0.717, 1.165) is 5.56 Å². The second-order valence-electron chi connectivity index (χ2n) is 9.33. The van der Waals surface area contributed by atoms with Gasteiger partial charge in [-0.05, 0) is 51.0 Å². The molecule has 0 bridgehead atoms. The fraction of sp³-hybridized carbons (Fsp3) is 0.400. The first-order chi connectivity index (χ1) is 16.0. The Hall–Kier alpha value is -3.04. The largest absolute Gasteiger partial charge is 0.508 e. The third-order valence-corrected chi connectivity index (χ3v) is 6.34. The van der Waals surface area contributed by atoms with Crippen LogP contribution in [0, 0.1) is 0 Å². The number of aliphatic hydroxyl groups is 1. The van der Waals surface area contributed by atoms with Gasteiger partial charge in [0.05, 0.1) is 11.9 Å². The molecule has 3 rings (SSSR count). The standard InChI is InChI=1S/C25H31N3O5S/c1-25(2,3)27-23(32)20-14-34-15-28(20)24(33)21(30)19(12-16-8-5-4-6-9-16)26-22(31)17-10-7-11-18(29)13-17/h4-11,13,19-21,29-30H,12,14-15H2,1-3H3,(H,26,31)(H,27,32). The van der Waals surface area contributed by atoms with E-state index in [-0.39, 0.29) is 29.5 Å². The molecule has 1 fully saturated rings. The fourth-order valence-corrected chi connectivity index (χ4v) is 4.84. The fourth-order valence-electron chi connectivity index (χ4n) is 3.68. The maximum Gasteiger partial charge on any atom is 0.254 e. The summed E-state index contributed by atoms with van der Waals surface area (Å²) in [6.07, 6.45) is -1.36. The number of rotatable bonds is 7. The second-order valence-corrected chi connectivity index (χ2v) is 10.3. The average Bonchev–Trinajstić information content (AvgIpc) is 3.27. The highest BCUT2D eigenvalue weighted by Gasteiger charge is 2.40. The third-order valence-electron chi connectivity index (χ3n) is 5.32. The summed E-state index contributed by atoms with van der Waals surface area (Å²) in [5.41, 5.74) is 0.577. The number of thioether (sulfide) groups is 1. The van der Waals surface area contributed by atoms with Gasteiger partial charge in [0.2, 0.25) is 5.91 Å². The molecule has 3 amide bonds. The van der Waals surface area contributed by atoms with Crippen LogP contribution in [0.3, 0.4) is 0 Å². The van der Waals surface area contributed by atoms with Crippen molar-refractivity contribution in [2.75, 3.05) is 11.6 Å². The number of aliphatic hydroxyl groups excluding tert-OH is 1. The number of hydrogen-bond acceptors (Lipinski definition) is 6. The van der Waals surface area contributed by atoms with E-state index in [0.29, 0.717) is 5.75 Å². The predicted molar refractivity (Wildman–Crippen MR) is 131 cm³/mol. The number of phenolic OH excluding ortho intramolecular Hbond substituents is 1. The molecule has 2 aromatic rings. The molecule has 182 valence electrons. The second kappa shape index (κ2) is 10.9. The molecule has 0 aromatic heterocycles. The van der Waals surface area contributed by atoms with Gasteiger partial charge < -0.3 is 25.7 Å². The van der Waals surface area contributed by atoms with Gasteiger partial charge in [-0.25, -0.2) is 0 Å². The zero-order chi connectivity index (χ0) is 24.9. The van der Waals surface area contributed by atoms with Crippen LogP contribution in [-0.4, -0.2) is 68.2 Å². The molecule has 4 N–H and O–H groups in total. The van der Waals surface area contributed by atoms with Gasteiger partial charge in [0.25, 0.3) is 11.8 Å². The molecule has 0 aliphatic carbocycles. The Labute approximate surface area is 203 Å². The molecule has 1 aliphatic heterocycles. The smallest absolute Gasteiger partial charge is 0.254 e. The first kappa shape index (κ1) is 25.6. The van der Waals surface area contributed by atoms with Crippen LogP contribution in [-0.2, 0) is 16.0 Å². The van der Waals surface area contributed by atoms with Crippen molar-refractivity contribution >= 4 is 29.5 Å². The number of carbonyl (C=O) groups excluding carboxylic acids is 3. The van der Waals surface area contributed by atoms with Crippen molar-refractivity contribution in [3.63, 3.8) is 0 Å². The van der Waals surface area contributed by atoms with Crippen molar-refractivity contribution in [1.82, 2.24) is 15.5 Å². The topological polar surface area (TPSA) is 119 Å². The van der Waals surface area contributed by atoms with Crippen LogP contribution in [0.5, 0.6) is 5.75 Å². The Morgan fingerprint density at radius 2 is 1.82 bits per heavy atom. The zero-order valence-electron chi connectivity index (χ0n) is 19.5. The average molecular weight is 486 g/mol. The Balaban J connectivity index is 1.80. The molecule has 3 unspecified atom stereocenters. The van der Waals surface area contributed by atoms with Gasteiger partial charge >= 0.3 is 0 Å². The van der Waals surface area contributed by atoms with Crippen molar-refractivity contribution in [2.45, 2.75) is 50.9 Å². The molecule has 0 spiro atoms. The van der Waals surface area contributed by atoms with Gasteiger partial charge in [-0.15, -0.1) is 11.8 Å². The summed E-state index contributed by atoms with van der Waals surface area (Å²) in [6, 6.07) is 13.4. The highest BCUT2D eigenvalue weighted by atomic mass is 32.2. The van der Waals surface area contributed by atoms with Crippen LogP contribution in [0.15, 0.2) is 54.6 Å². The normalized spacial score (nSPS) is 17.6. The molecular formula is C25H31N3O5S. The molecule has 8 nitrogen and oxygen atoms in total. The summed E-state index contributed by atoms with van der Waals surface area (Å²) < 4.78 is 0. The summed E-state index contributed by atoms with van der Waals surface area (Å²) in [5, 5.41) is 26.4. The summed E-state index contributed by atoms with van der Waals surface area (Å²) in [5.74, 6) is -0.777. The van der Waals surface area contributed by atoms with E-state index in [1.165, 1.54) is 40.9 Å². The number of nitrogens with zero attached hydrogens (tertiary/aromatic N) is 1. The monoisotopic (exact) mass is 485 g/mol. The number of carbonyl (C=O) groups is 3. The van der Waals surface area contributed by atoms with Gasteiger partial charge in [-0.3, -0.25) is 14.4 Å². The number of hydrogen-bond donors (Lipinski definition) is 4. The van der Waals surface area contributed by atoms with Crippen molar-refractivity contribution in [3.8, 4) is 5.75 Å². The van der Waals surface area contributed by atoms with E-state index >= 15 is 0 Å². The van der Waals surface area contributed by atoms with Gasteiger partial charge in [0.1, 0.15) is 11.8 Å². The van der Waals surface area contributed by atoms with Gasteiger partial charge in [0, 0.05) is 16.9 Å². The molecular weight excluding hydrogens is 454 g/mol. The van der Waals surface area contributed by atoms with E-state index in [1.54, 1.807) is 0 Å². The third kappa shape index (κ3) is 6.74. The van der Waals surface area contributed by atoms with Crippen LogP contribution < -0.4 is 10.6 Å². The number of amides is 3. The molecule has 2 aromatic carbocycles. The van der Waals surface area contributed by atoms with Crippen molar-refractivity contribution in [1.29, 1.82) is 0 Å². The van der Waals surface area contributed by atoms with Gasteiger partial charge in [-0.2, -0.15) is 0 Å². The van der Waals surface area contributed by atoms with E-state index in [4.69, 9.17) is 0 Å². The van der Waals surface area contributed by atoms with Crippen LogP contribution in [0.25, 0.3) is 0 Å². The summed E-state index contributed by atoms with van der Waals surface area (Å²) in [6.45, 7) is 5.59. The zero-order valence-corrected chi connectivity index (χ0v) is 20.3. The van der Waals surface area contributed by atoms with Crippen LogP contribution >= 0.6 is 11.8 Å². The lowest BCUT2D eigenvalue weighted by Gasteiger charge is -2.31. The number of aromatic hydroxyl groups is 1. The number of benzene rings is 2. The minimum atomic E-state index is -1.56.